The van der Waals surface area contributed by atoms with Crippen LogP contribution in [0.15, 0.2) is 88.4 Å². The van der Waals surface area contributed by atoms with Gasteiger partial charge in [0.25, 0.3) is 0 Å². The van der Waals surface area contributed by atoms with E-state index in [2.05, 4.69) is 24.2 Å². The van der Waals surface area contributed by atoms with E-state index in [9.17, 15) is 4.79 Å². The number of anilines is 1. The van der Waals surface area contributed by atoms with Gasteiger partial charge in [0.1, 0.15) is 0 Å². The van der Waals surface area contributed by atoms with E-state index in [1.165, 1.54) is 16.9 Å². The van der Waals surface area contributed by atoms with Crippen LogP contribution in [-0.2, 0) is 16.0 Å². The number of ether oxygens (including phenoxy) is 1. The van der Waals surface area contributed by atoms with Crippen molar-refractivity contribution in [2.75, 3.05) is 18.7 Å². The Kier molecular flexibility index (Phi) is 7.47. The van der Waals surface area contributed by atoms with Crippen LogP contribution < -0.4 is 5.01 Å². The zero-order chi connectivity index (χ0) is 23.0. The summed E-state index contributed by atoms with van der Waals surface area (Å²) in [5.74, 6) is -0.304. The van der Waals surface area contributed by atoms with Crippen LogP contribution in [-0.4, -0.2) is 30.8 Å². The standard InChI is InChI=1S/C27H27N3O2S/c1-20-10-6-8-14-23(20)25-19-33-27(29-25)30(2)28-18-22-13-7-9-15-24(22)26(31)32-17-16-21-11-4-3-5-12-21/h3-6,8,10-15,18-19H,7,9,16-17H2,1-2H3/b28-18+. The first-order valence-corrected chi connectivity index (χ1v) is 11.9. The molecule has 0 saturated carbocycles. The van der Waals surface area contributed by atoms with Crippen molar-refractivity contribution in [3.63, 3.8) is 0 Å². The average Bonchev–Trinajstić information content (AvgIpc) is 3.34. The van der Waals surface area contributed by atoms with Crippen molar-refractivity contribution in [3.8, 4) is 11.3 Å². The van der Waals surface area contributed by atoms with Crippen molar-refractivity contribution in [3.05, 3.63) is 94.4 Å². The Hall–Kier alpha value is -3.51. The third-order valence-electron chi connectivity index (χ3n) is 5.44. The normalized spacial score (nSPS) is 13.5. The molecule has 0 atom stereocenters. The SMILES string of the molecule is Cc1ccccc1-c1csc(N(C)/N=C/C2=CCCC=C2C(=O)OCCc2ccccc2)n1. The van der Waals surface area contributed by atoms with E-state index in [-0.39, 0.29) is 5.97 Å². The first kappa shape index (κ1) is 22.7. The second-order valence-electron chi connectivity index (χ2n) is 7.82. The fourth-order valence-electron chi connectivity index (χ4n) is 3.60. The summed E-state index contributed by atoms with van der Waals surface area (Å²) in [4.78, 5) is 17.4. The molecule has 2 aromatic carbocycles. The van der Waals surface area contributed by atoms with Gasteiger partial charge in [-0.15, -0.1) is 11.3 Å². The highest BCUT2D eigenvalue weighted by Crippen LogP contribution is 2.29. The van der Waals surface area contributed by atoms with Crippen LogP contribution in [0.2, 0.25) is 0 Å². The molecule has 6 heteroatoms. The minimum atomic E-state index is -0.304. The maximum atomic E-state index is 12.7. The fourth-order valence-corrected chi connectivity index (χ4v) is 4.34. The molecule has 0 unspecified atom stereocenters. The van der Waals surface area contributed by atoms with Gasteiger partial charge in [0.15, 0.2) is 0 Å². The lowest BCUT2D eigenvalue weighted by Crippen LogP contribution is -2.15. The lowest BCUT2D eigenvalue weighted by atomic mass is 9.99. The first-order chi connectivity index (χ1) is 16.1. The van der Waals surface area contributed by atoms with Gasteiger partial charge in [0.2, 0.25) is 5.13 Å². The summed E-state index contributed by atoms with van der Waals surface area (Å²) >= 11 is 1.54. The molecule has 1 aliphatic rings. The minimum Gasteiger partial charge on any atom is -0.462 e. The second kappa shape index (κ2) is 10.9. The van der Waals surface area contributed by atoms with Gasteiger partial charge in [-0.05, 0) is 30.9 Å². The summed E-state index contributed by atoms with van der Waals surface area (Å²) in [7, 11) is 1.86. The molecule has 0 aliphatic heterocycles. The third kappa shape index (κ3) is 5.84. The van der Waals surface area contributed by atoms with Gasteiger partial charge in [-0.3, -0.25) is 0 Å². The predicted molar refractivity (Wildman–Crippen MR) is 136 cm³/mol. The molecule has 0 radical (unpaired) electrons. The maximum Gasteiger partial charge on any atom is 0.338 e. The summed E-state index contributed by atoms with van der Waals surface area (Å²) in [6.07, 6.45) is 8.09. The molecule has 0 spiro atoms. The van der Waals surface area contributed by atoms with Gasteiger partial charge in [0.05, 0.1) is 24.1 Å². The van der Waals surface area contributed by atoms with Crippen molar-refractivity contribution in [2.24, 2.45) is 5.10 Å². The predicted octanol–water partition coefficient (Wildman–Crippen LogP) is 5.97. The lowest BCUT2D eigenvalue weighted by Gasteiger charge is -2.14. The number of carbonyl (C=O) groups is 1. The Labute approximate surface area is 198 Å². The van der Waals surface area contributed by atoms with Crippen molar-refractivity contribution >= 4 is 28.7 Å². The van der Waals surface area contributed by atoms with Gasteiger partial charge < -0.3 is 4.74 Å². The number of rotatable bonds is 8. The number of carbonyl (C=O) groups excluding carboxylic acids is 1. The Morgan fingerprint density at radius 3 is 2.70 bits per heavy atom. The Bertz CT molecular complexity index is 1190. The molecule has 1 heterocycles. The summed E-state index contributed by atoms with van der Waals surface area (Å²) < 4.78 is 5.54. The van der Waals surface area contributed by atoms with E-state index in [0.717, 1.165) is 40.4 Å². The molecule has 0 bridgehead atoms. The number of hydrazone groups is 1. The molecule has 168 valence electrons. The first-order valence-electron chi connectivity index (χ1n) is 11.0. The number of benzene rings is 2. The van der Waals surface area contributed by atoms with Crippen molar-refractivity contribution in [1.29, 1.82) is 0 Å². The van der Waals surface area contributed by atoms with Gasteiger partial charge in [0, 0.05) is 30.0 Å². The van der Waals surface area contributed by atoms with Crippen LogP contribution in [0.4, 0.5) is 5.13 Å². The van der Waals surface area contributed by atoms with Gasteiger partial charge in [-0.1, -0.05) is 66.7 Å². The number of esters is 1. The number of aromatic nitrogens is 1. The highest BCUT2D eigenvalue weighted by atomic mass is 32.1. The van der Waals surface area contributed by atoms with Gasteiger partial charge >= 0.3 is 5.97 Å². The van der Waals surface area contributed by atoms with Crippen LogP contribution >= 0.6 is 11.3 Å². The molecule has 3 aromatic rings. The molecule has 1 aromatic heterocycles. The number of allylic oxidation sites excluding steroid dienone is 2. The average molecular weight is 458 g/mol. The Morgan fingerprint density at radius 1 is 1.12 bits per heavy atom. The molecule has 1 aliphatic carbocycles. The van der Waals surface area contributed by atoms with E-state index in [0.29, 0.717) is 18.6 Å². The van der Waals surface area contributed by atoms with E-state index in [1.54, 1.807) is 11.2 Å². The number of nitrogens with zero attached hydrogens (tertiary/aromatic N) is 3. The monoisotopic (exact) mass is 457 g/mol. The minimum absolute atomic E-state index is 0.304. The van der Waals surface area contributed by atoms with E-state index < -0.39 is 0 Å². The van der Waals surface area contributed by atoms with Crippen molar-refractivity contribution in [2.45, 2.75) is 26.2 Å². The van der Waals surface area contributed by atoms with Gasteiger partial charge in [-0.25, -0.2) is 14.8 Å². The zero-order valence-electron chi connectivity index (χ0n) is 18.9. The number of hydrogen-bond donors (Lipinski definition) is 0. The topological polar surface area (TPSA) is 54.8 Å². The Balaban J connectivity index is 1.38. The quantitative estimate of drug-likeness (QED) is 0.237. The molecule has 5 nitrogen and oxygen atoms in total. The number of thiazole rings is 1. The molecule has 0 fully saturated rings. The molecule has 0 N–H and O–H groups in total. The van der Waals surface area contributed by atoms with Crippen LogP contribution in [0.5, 0.6) is 0 Å². The largest absolute Gasteiger partial charge is 0.462 e. The van der Waals surface area contributed by atoms with Gasteiger partial charge in [-0.2, -0.15) is 5.10 Å². The lowest BCUT2D eigenvalue weighted by molar-refractivity contribution is -0.138. The number of hydrogen-bond acceptors (Lipinski definition) is 6. The van der Waals surface area contributed by atoms with Crippen LogP contribution in [0, 0.1) is 6.92 Å². The molecule has 0 amide bonds. The zero-order valence-corrected chi connectivity index (χ0v) is 19.7. The summed E-state index contributed by atoms with van der Waals surface area (Å²) in [6, 6.07) is 18.2. The van der Waals surface area contributed by atoms with E-state index in [4.69, 9.17) is 9.72 Å². The highest BCUT2D eigenvalue weighted by Gasteiger charge is 2.17. The third-order valence-corrected chi connectivity index (χ3v) is 6.34. The highest BCUT2D eigenvalue weighted by molar-refractivity contribution is 7.14. The molecule has 33 heavy (non-hydrogen) atoms. The molecular weight excluding hydrogens is 430 g/mol. The van der Waals surface area contributed by atoms with Crippen LogP contribution in [0.1, 0.15) is 24.0 Å². The van der Waals surface area contributed by atoms with Crippen molar-refractivity contribution < 1.29 is 9.53 Å². The fraction of sp³-hybridized carbons (Fsp3) is 0.222. The summed E-state index contributed by atoms with van der Waals surface area (Å²) in [5, 5.41) is 9.11. The van der Waals surface area contributed by atoms with E-state index >= 15 is 0 Å². The molecular formula is C27H27N3O2S. The summed E-state index contributed by atoms with van der Waals surface area (Å²) in [6.45, 7) is 2.43. The van der Waals surface area contributed by atoms with Crippen LogP contribution in [0.3, 0.4) is 0 Å². The second-order valence-corrected chi connectivity index (χ2v) is 8.66. The maximum absolute atomic E-state index is 12.7. The molecule has 0 saturated heterocycles. The molecule has 4 rings (SSSR count). The Morgan fingerprint density at radius 2 is 1.88 bits per heavy atom. The summed E-state index contributed by atoms with van der Waals surface area (Å²) in [5.41, 5.74) is 5.76. The van der Waals surface area contributed by atoms with Crippen molar-refractivity contribution in [1.82, 2.24) is 4.98 Å². The smallest absolute Gasteiger partial charge is 0.338 e. The van der Waals surface area contributed by atoms with E-state index in [1.807, 2.05) is 67.0 Å². The number of aryl methyl sites for hydroxylation is 1. The van der Waals surface area contributed by atoms with Crippen LogP contribution in [0.25, 0.3) is 11.3 Å².